The summed E-state index contributed by atoms with van der Waals surface area (Å²) in [5.74, 6) is 0. The van der Waals surface area contributed by atoms with E-state index in [0.717, 1.165) is 32.1 Å². The predicted molar refractivity (Wildman–Crippen MR) is 76.2 cm³/mol. The van der Waals surface area contributed by atoms with Gasteiger partial charge in [-0.3, -0.25) is 4.90 Å². The summed E-state index contributed by atoms with van der Waals surface area (Å²) >= 11 is 0.541. The molecule has 1 aromatic rings. The molecule has 7 heteroatoms. The summed E-state index contributed by atoms with van der Waals surface area (Å²) in [6.45, 7) is 5.65. The summed E-state index contributed by atoms with van der Waals surface area (Å²) in [4.78, 5) is 5.91. The summed E-state index contributed by atoms with van der Waals surface area (Å²) in [5.41, 5.74) is -0.546. The second kappa shape index (κ2) is 6.22. The first-order valence-corrected chi connectivity index (χ1v) is 8.06. The normalized spacial score (nSPS) is 22.0. The van der Waals surface area contributed by atoms with Crippen LogP contribution in [-0.2, 0) is 6.18 Å². The summed E-state index contributed by atoms with van der Waals surface area (Å²) in [7, 11) is 0. The number of hydrogen-bond donors (Lipinski definition) is 1. The van der Waals surface area contributed by atoms with Gasteiger partial charge in [0.2, 0.25) is 0 Å². The van der Waals surface area contributed by atoms with Crippen LogP contribution in [0.5, 0.6) is 0 Å². The van der Waals surface area contributed by atoms with Gasteiger partial charge in [0, 0.05) is 11.7 Å². The molecule has 1 aromatic heterocycles. The number of aliphatic hydroxyl groups excluding tert-OH is 1. The molecule has 2 rings (SSSR count). The molecule has 2 unspecified atom stereocenters. The third-order valence-corrected chi connectivity index (χ3v) is 5.51. The van der Waals surface area contributed by atoms with Crippen molar-refractivity contribution in [1.82, 2.24) is 9.88 Å². The average molecular weight is 322 g/mol. The topological polar surface area (TPSA) is 36.4 Å². The zero-order valence-corrected chi connectivity index (χ0v) is 13.1. The Morgan fingerprint density at radius 1 is 1.33 bits per heavy atom. The molecule has 1 aliphatic heterocycles. The van der Waals surface area contributed by atoms with Crippen LogP contribution in [0.15, 0.2) is 6.20 Å². The van der Waals surface area contributed by atoms with Crippen LogP contribution in [-0.4, -0.2) is 33.6 Å². The van der Waals surface area contributed by atoms with Gasteiger partial charge >= 0.3 is 6.18 Å². The third kappa shape index (κ3) is 3.40. The Hall–Kier alpha value is -0.660. The van der Waals surface area contributed by atoms with Gasteiger partial charge in [-0.15, -0.1) is 11.3 Å². The van der Waals surface area contributed by atoms with E-state index < -0.39 is 22.8 Å². The van der Waals surface area contributed by atoms with Gasteiger partial charge < -0.3 is 5.11 Å². The highest BCUT2D eigenvalue weighted by Crippen LogP contribution is 2.40. The molecule has 0 amide bonds. The maximum Gasteiger partial charge on any atom is 0.443 e. The van der Waals surface area contributed by atoms with E-state index in [-0.39, 0.29) is 4.88 Å². The number of rotatable bonds is 4. The molecule has 21 heavy (non-hydrogen) atoms. The SMILES string of the molecule is CCC(C)(C(O)c1cnc(C(F)(F)F)s1)N1CCCCC1. The van der Waals surface area contributed by atoms with Crippen molar-refractivity contribution >= 4 is 11.3 Å². The number of alkyl halides is 3. The highest BCUT2D eigenvalue weighted by molar-refractivity contribution is 7.11. The molecule has 0 aliphatic carbocycles. The Labute approximate surface area is 126 Å². The molecular formula is C14H21F3N2OS. The van der Waals surface area contributed by atoms with Crippen molar-refractivity contribution < 1.29 is 18.3 Å². The molecule has 120 valence electrons. The first-order valence-electron chi connectivity index (χ1n) is 7.25. The maximum atomic E-state index is 12.7. The van der Waals surface area contributed by atoms with Crippen molar-refractivity contribution in [3.63, 3.8) is 0 Å². The zero-order valence-electron chi connectivity index (χ0n) is 12.3. The van der Waals surface area contributed by atoms with Gasteiger partial charge in [-0.1, -0.05) is 13.3 Å². The highest BCUT2D eigenvalue weighted by Gasteiger charge is 2.41. The van der Waals surface area contributed by atoms with Crippen LogP contribution in [0, 0.1) is 0 Å². The maximum absolute atomic E-state index is 12.7. The third-order valence-electron chi connectivity index (χ3n) is 4.42. The average Bonchev–Trinajstić information content (AvgIpc) is 2.96. The van der Waals surface area contributed by atoms with Crippen molar-refractivity contribution in [2.75, 3.05) is 13.1 Å². The Morgan fingerprint density at radius 2 is 1.95 bits per heavy atom. The zero-order chi connectivity index (χ0) is 15.7. The fourth-order valence-electron chi connectivity index (χ4n) is 2.85. The van der Waals surface area contributed by atoms with E-state index in [1.807, 2.05) is 13.8 Å². The molecule has 1 fully saturated rings. The minimum Gasteiger partial charge on any atom is -0.386 e. The molecule has 1 aliphatic rings. The molecule has 0 radical (unpaired) electrons. The van der Waals surface area contributed by atoms with E-state index >= 15 is 0 Å². The van der Waals surface area contributed by atoms with E-state index in [9.17, 15) is 18.3 Å². The Bertz CT molecular complexity index is 471. The second-order valence-electron chi connectivity index (χ2n) is 5.73. The summed E-state index contributed by atoms with van der Waals surface area (Å²) in [6.07, 6.45) is -0.253. The van der Waals surface area contributed by atoms with E-state index in [4.69, 9.17) is 0 Å². The minimum absolute atomic E-state index is 0.289. The van der Waals surface area contributed by atoms with Crippen molar-refractivity contribution in [2.45, 2.75) is 57.3 Å². The molecule has 2 atom stereocenters. The number of nitrogens with zero attached hydrogens (tertiary/aromatic N) is 2. The Balaban J connectivity index is 2.22. The number of thiazole rings is 1. The number of halogens is 3. The number of hydrogen-bond acceptors (Lipinski definition) is 4. The van der Waals surface area contributed by atoms with Crippen LogP contribution in [0.4, 0.5) is 13.2 Å². The van der Waals surface area contributed by atoms with Gasteiger partial charge in [-0.2, -0.15) is 13.2 Å². The van der Waals surface area contributed by atoms with Crippen molar-refractivity contribution in [3.05, 3.63) is 16.1 Å². The molecule has 0 spiro atoms. The van der Waals surface area contributed by atoms with Crippen molar-refractivity contribution in [2.24, 2.45) is 0 Å². The molecule has 0 saturated carbocycles. The minimum atomic E-state index is -4.45. The van der Waals surface area contributed by atoms with Crippen LogP contribution in [0.2, 0.25) is 0 Å². The summed E-state index contributed by atoms with van der Waals surface area (Å²) in [5, 5.41) is 9.74. The number of aromatic nitrogens is 1. The smallest absolute Gasteiger partial charge is 0.386 e. The van der Waals surface area contributed by atoms with Crippen molar-refractivity contribution in [1.29, 1.82) is 0 Å². The monoisotopic (exact) mass is 322 g/mol. The lowest BCUT2D eigenvalue weighted by molar-refractivity contribution is -0.137. The Kier molecular flexibility index (Phi) is 4.95. The van der Waals surface area contributed by atoms with Crippen LogP contribution in [0.3, 0.4) is 0 Å². The molecular weight excluding hydrogens is 301 g/mol. The summed E-state index contributed by atoms with van der Waals surface area (Å²) < 4.78 is 38.0. The number of piperidine rings is 1. The van der Waals surface area contributed by atoms with Gasteiger partial charge in [0.15, 0.2) is 5.01 Å². The van der Waals surface area contributed by atoms with E-state index in [2.05, 4.69) is 9.88 Å². The fraction of sp³-hybridized carbons (Fsp3) is 0.786. The fourth-order valence-corrected chi connectivity index (χ4v) is 3.76. The van der Waals surface area contributed by atoms with E-state index in [1.165, 1.54) is 6.42 Å². The number of likely N-dealkylation sites (tertiary alicyclic amines) is 1. The number of aliphatic hydroxyl groups is 1. The molecule has 1 saturated heterocycles. The van der Waals surface area contributed by atoms with Gasteiger partial charge in [0.25, 0.3) is 0 Å². The largest absolute Gasteiger partial charge is 0.443 e. The standard InChI is InChI=1S/C14H21F3N2OS/c1-3-13(2,19-7-5-4-6-8-19)11(20)10-9-18-12(21-10)14(15,16)17/h9,11,20H,3-8H2,1-2H3. The summed E-state index contributed by atoms with van der Waals surface area (Å²) in [6, 6.07) is 0. The quantitative estimate of drug-likeness (QED) is 0.915. The van der Waals surface area contributed by atoms with Gasteiger partial charge in [0.1, 0.15) is 6.10 Å². The van der Waals surface area contributed by atoms with Crippen LogP contribution >= 0.6 is 11.3 Å². The first-order chi connectivity index (χ1) is 9.79. The van der Waals surface area contributed by atoms with Crippen LogP contribution < -0.4 is 0 Å². The van der Waals surface area contributed by atoms with Gasteiger partial charge in [-0.25, -0.2) is 4.98 Å². The lowest BCUT2D eigenvalue weighted by Crippen LogP contribution is -2.52. The second-order valence-corrected chi connectivity index (χ2v) is 6.79. The van der Waals surface area contributed by atoms with E-state index in [0.29, 0.717) is 17.8 Å². The molecule has 1 N–H and O–H groups in total. The molecule has 0 aromatic carbocycles. The van der Waals surface area contributed by atoms with E-state index in [1.54, 1.807) is 0 Å². The van der Waals surface area contributed by atoms with Crippen LogP contribution in [0.1, 0.15) is 55.5 Å². The molecule has 0 bridgehead atoms. The predicted octanol–water partition coefficient (Wildman–Crippen LogP) is 3.85. The highest BCUT2D eigenvalue weighted by atomic mass is 32.1. The molecule has 2 heterocycles. The van der Waals surface area contributed by atoms with Gasteiger partial charge in [-0.05, 0) is 39.3 Å². The Morgan fingerprint density at radius 3 is 2.43 bits per heavy atom. The lowest BCUT2D eigenvalue weighted by Gasteiger charge is -2.45. The van der Waals surface area contributed by atoms with Crippen molar-refractivity contribution in [3.8, 4) is 0 Å². The van der Waals surface area contributed by atoms with Crippen LogP contribution in [0.25, 0.3) is 0 Å². The molecule has 3 nitrogen and oxygen atoms in total. The lowest BCUT2D eigenvalue weighted by atomic mass is 9.87. The first kappa shape index (κ1) is 16.7. The van der Waals surface area contributed by atoms with Gasteiger partial charge in [0.05, 0.1) is 4.88 Å².